The van der Waals surface area contributed by atoms with E-state index < -0.39 is 6.10 Å². The molecule has 61 heavy (non-hydrogen) atoms. The van der Waals surface area contributed by atoms with E-state index in [1.807, 2.05) is 0 Å². The van der Waals surface area contributed by atoms with Gasteiger partial charge >= 0.3 is 17.9 Å². The molecule has 0 radical (unpaired) electrons. The molecule has 0 spiro atoms. The number of carbonyl (C=O) groups is 3. The highest BCUT2D eigenvalue weighted by Crippen LogP contribution is 2.17. The van der Waals surface area contributed by atoms with Crippen LogP contribution in [-0.2, 0) is 28.6 Å². The zero-order valence-electron chi connectivity index (χ0n) is 41.5. The summed E-state index contributed by atoms with van der Waals surface area (Å²) in [5.41, 5.74) is 0. The Morgan fingerprint density at radius 1 is 0.262 bits per heavy atom. The normalized spacial score (nSPS) is 11.9. The van der Waals surface area contributed by atoms with Crippen molar-refractivity contribution in [3.63, 3.8) is 0 Å². The molecule has 0 heterocycles. The Bertz CT molecular complexity index is 905. The number of rotatable bonds is 51. The Morgan fingerprint density at radius 3 is 0.656 bits per heavy atom. The molecule has 362 valence electrons. The molecule has 6 heteroatoms. The Balaban J connectivity index is 4.27. The molecular weight excluding hydrogens is 757 g/mol. The first kappa shape index (κ1) is 59.4. The molecule has 0 N–H and O–H groups in total. The number of hydrogen-bond acceptors (Lipinski definition) is 6. The minimum atomic E-state index is -0.760. The van der Waals surface area contributed by atoms with Crippen LogP contribution in [0, 0.1) is 0 Å². The lowest BCUT2D eigenvalue weighted by Crippen LogP contribution is -2.30. The van der Waals surface area contributed by atoms with Crippen LogP contribution in [0.2, 0.25) is 0 Å². The summed E-state index contributed by atoms with van der Waals surface area (Å²) in [7, 11) is 0. The maximum absolute atomic E-state index is 12.8. The quantitative estimate of drug-likeness (QED) is 0.0344. The highest BCUT2D eigenvalue weighted by molar-refractivity contribution is 5.71. The zero-order chi connectivity index (χ0) is 44.4. The van der Waals surface area contributed by atoms with E-state index in [1.165, 1.54) is 218 Å². The fraction of sp³-hybridized carbons (Fsp3) is 0.945. The van der Waals surface area contributed by atoms with Crippen LogP contribution in [0.5, 0.6) is 0 Å². The van der Waals surface area contributed by atoms with Gasteiger partial charge in [-0.25, -0.2) is 0 Å². The van der Waals surface area contributed by atoms with Crippen LogP contribution in [0.4, 0.5) is 0 Å². The smallest absolute Gasteiger partial charge is 0.306 e. The van der Waals surface area contributed by atoms with E-state index in [2.05, 4.69) is 20.8 Å². The zero-order valence-corrected chi connectivity index (χ0v) is 41.5. The van der Waals surface area contributed by atoms with E-state index in [4.69, 9.17) is 14.2 Å². The highest BCUT2D eigenvalue weighted by Gasteiger charge is 2.19. The second kappa shape index (κ2) is 51.0. The first-order chi connectivity index (χ1) is 30.0. The van der Waals surface area contributed by atoms with Crippen molar-refractivity contribution < 1.29 is 28.6 Å². The predicted molar refractivity (Wildman–Crippen MR) is 261 cm³/mol. The molecule has 0 fully saturated rings. The molecule has 1 atom stereocenters. The van der Waals surface area contributed by atoms with Crippen LogP contribution < -0.4 is 0 Å². The predicted octanol–water partition coefficient (Wildman–Crippen LogP) is 18.0. The minimum Gasteiger partial charge on any atom is -0.462 e. The van der Waals surface area contributed by atoms with Crippen molar-refractivity contribution in [2.45, 2.75) is 322 Å². The van der Waals surface area contributed by atoms with Gasteiger partial charge < -0.3 is 14.2 Å². The monoisotopic (exact) mass is 863 g/mol. The Labute approximate surface area is 380 Å². The summed E-state index contributed by atoms with van der Waals surface area (Å²) in [4.78, 5) is 38.0. The van der Waals surface area contributed by atoms with Gasteiger partial charge in [0.15, 0.2) is 6.10 Å². The molecule has 0 aliphatic carbocycles. The van der Waals surface area contributed by atoms with Gasteiger partial charge in [-0.15, -0.1) is 0 Å². The number of ether oxygens (including phenoxy) is 3. The molecule has 0 bridgehead atoms. The van der Waals surface area contributed by atoms with Crippen molar-refractivity contribution in [3.8, 4) is 0 Å². The second-order valence-corrected chi connectivity index (χ2v) is 18.9. The standard InChI is InChI=1S/C55H106O6/c1-4-7-10-13-16-19-22-24-26-28-30-33-36-39-42-45-48-54(57)60-51-52(50-59-53(56)47-44-41-38-35-32-21-18-15-12-9-6-3)61-55(58)49-46-43-40-37-34-31-29-27-25-23-20-17-14-11-8-5-2/h52H,4-51H2,1-3H3/t52-/m1/s1. The van der Waals surface area contributed by atoms with Gasteiger partial charge in [0.25, 0.3) is 0 Å². The van der Waals surface area contributed by atoms with Gasteiger partial charge in [-0.1, -0.05) is 278 Å². The number of esters is 3. The van der Waals surface area contributed by atoms with E-state index in [0.29, 0.717) is 19.3 Å². The maximum atomic E-state index is 12.8. The first-order valence-electron chi connectivity index (χ1n) is 27.5. The molecule has 6 nitrogen and oxygen atoms in total. The van der Waals surface area contributed by atoms with Crippen molar-refractivity contribution in [1.29, 1.82) is 0 Å². The second-order valence-electron chi connectivity index (χ2n) is 18.9. The van der Waals surface area contributed by atoms with Gasteiger partial charge in [0.1, 0.15) is 13.2 Å². The number of carbonyl (C=O) groups excluding carboxylic acids is 3. The van der Waals surface area contributed by atoms with Crippen molar-refractivity contribution in [3.05, 3.63) is 0 Å². The molecule has 0 saturated heterocycles. The lowest BCUT2D eigenvalue weighted by molar-refractivity contribution is -0.167. The molecule has 0 saturated carbocycles. The lowest BCUT2D eigenvalue weighted by atomic mass is 10.0. The van der Waals surface area contributed by atoms with Crippen LogP contribution in [0.3, 0.4) is 0 Å². The molecular formula is C55H106O6. The largest absolute Gasteiger partial charge is 0.462 e. The third kappa shape index (κ3) is 49.3. The Hall–Kier alpha value is -1.59. The summed E-state index contributed by atoms with van der Waals surface area (Å²) < 4.78 is 16.8. The van der Waals surface area contributed by atoms with Gasteiger partial charge in [0.05, 0.1) is 0 Å². The molecule has 0 amide bonds. The van der Waals surface area contributed by atoms with Gasteiger partial charge in [-0.05, 0) is 19.3 Å². The van der Waals surface area contributed by atoms with Gasteiger partial charge in [-0.3, -0.25) is 14.4 Å². The average Bonchev–Trinajstić information content (AvgIpc) is 3.26. The number of unbranched alkanes of at least 4 members (excludes halogenated alkanes) is 40. The van der Waals surface area contributed by atoms with Crippen LogP contribution in [0.15, 0.2) is 0 Å². The van der Waals surface area contributed by atoms with Crippen LogP contribution in [0.25, 0.3) is 0 Å². The molecule has 0 aliphatic rings. The first-order valence-corrected chi connectivity index (χ1v) is 27.5. The van der Waals surface area contributed by atoms with Gasteiger partial charge in [0.2, 0.25) is 0 Å². The fourth-order valence-electron chi connectivity index (χ4n) is 8.45. The average molecular weight is 863 g/mol. The molecule has 0 aromatic rings. The summed E-state index contributed by atoms with van der Waals surface area (Å²) in [5, 5.41) is 0. The van der Waals surface area contributed by atoms with Crippen molar-refractivity contribution in [1.82, 2.24) is 0 Å². The maximum Gasteiger partial charge on any atom is 0.306 e. The molecule has 0 aromatic carbocycles. The summed E-state index contributed by atoms with van der Waals surface area (Å²) in [6.07, 6.45) is 55.1. The van der Waals surface area contributed by atoms with Gasteiger partial charge in [0, 0.05) is 19.3 Å². The fourth-order valence-corrected chi connectivity index (χ4v) is 8.45. The molecule has 0 aliphatic heterocycles. The summed E-state index contributed by atoms with van der Waals surface area (Å²) in [6.45, 7) is 6.69. The highest BCUT2D eigenvalue weighted by atomic mass is 16.6. The molecule has 0 unspecified atom stereocenters. The topological polar surface area (TPSA) is 78.9 Å². The lowest BCUT2D eigenvalue weighted by Gasteiger charge is -2.18. The van der Waals surface area contributed by atoms with E-state index in [0.717, 1.165) is 57.8 Å². The Kier molecular flexibility index (Phi) is 49.7. The van der Waals surface area contributed by atoms with Crippen LogP contribution in [0.1, 0.15) is 316 Å². The van der Waals surface area contributed by atoms with Crippen molar-refractivity contribution in [2.75, 3.05) is 13.2 Å². The molecule has 0 rings (SSSR count). The van der Waals surface area contributed by atoms with Gasteiger partial charge in [-0.2, -0.15) is 0 Å². The van der Waals surface area contributed by atoms with E-state index >= 15 is 0 Å². The minimum absolute atomic E-state index is 0.0614. The Morgan fingerprint density at radius 2 is 0.443 bits per heavy atom. The SMILES string of the molecule is CCCCCCCCCCCCCCCCCCC(=O)OC[C@@H](COC(=O)CCCCCCCCCCCCC)OC(=O)CCCCCCCCCCCCCCCCCC. The summed E-state index contributed by atoms with van der Waals surface area (Å²) >= 11 is 0. The van der Waals surface area contributed by atoms with E-state index in [-0.39, 0.29) is 31.1 Å². The van der Waals surface area contributed by atoms with Crippen LogP contribution >= 0.6 is 0 Å². The summed E-state index contributed by atoms with van der Waals surface area (Å²) in [6, 6.07) is 0. The molecule has 0 aromatic heterocycles. The van der Waals surface area contributed by atoms with Crippen molar-refractivity contribution in [2.24, 2.45) is 0 Å². The van der Waals surface area contributed by atoms with Crippen molar-refractivity contribution >= 4 is 17.9 Å². The number of hydrogen-bond donors (Lipinski definition) is 0. The van der Waals surface area contributed by atoms with Crippen LogP contribution in [-0.4, -0.2) is 37.2 Å². The van der Waals surface area contributed by atoms with E-state index in [1.54, 1.807) is 0 Å². The summed E-state index contributed by atoms with van der Waals surface area (Å²) in [5.74, 6) is -0.837. The third-order valence-electron chi connectivity index (χ3n) is 12.6. The van der Waals surface area contributed by atoms with E-state index in [9.17, 15) is 14.4 Å². The third-order valence-corrected chi connectivity index (χ3v) is 12.6.